The van der Waals surface area contributed by atoms with E-state index in [1.54, 1.807) is 0 Å². The molecule has 28 heavy (non-hydrogen) atoms. The number of halogens is 1. The lowest BCUT2D eigenvalue weighted by molar-refractivity contribution is -0.157. The molecule has 156 valence electrons. The van der Waals surface area contributed by atoms with Gasteiger partial charge in [-0.25, -0.2) is 4.79 Å². The summed E-state index contributed by atoms with van der Waals surface area (Å²) in [4.78, 5) is 49.0. The maximum atomic E-state index is 12.3. The van der Waals surface area contributed by atoms with Crippen LogP contribution in [-0.2, 0) is 28.5 Å². The minimum absolute atomic E-state index is 0.166. The number of esters is 2. The Hall–Kier alpha value is -1.77. The molecule has 1 aliphatic heterocycles. The maximum Gasteiger partial charge on any atom is 0.330 e. The van der Waals surface area contributed by atoms with Gasteiger partial charge in [-0.1, -0.05) is 22.6 Å². The van der Waals surface area contributed by atoms with E-state index in [-0.39, 0.29) is 12.2 Å². The summed E-state index contributed by atoms with van der Waals surface area (Å²) < 4.78 is 22.3. The number of aromatic amines is 1. The Morgan fingerprint density at radius 1 is 1.36 bits per heavy atom. The third kappa shape index (κ3) is 4.98. The van der Waals surface area contributed by atoms with Gasteiger partial charge in [-0.3, -0.25) is 23.9 Å². The molecule has 5 atom stereocenters. The third-order valence-corrected chi connectivity index (χ3v) is 4.90. The van der Waals surface area contributed by atoms with Crippen molar-refractivity contribution in [1.29, 1.82) is 0 Å². The van der Waals surface area contributed by atoms with Crippen LogP contribution in [0.25, 0.3) is 0 Å². The van der Waals surface area contributed by atoms with Crippen molar-refractivity contribution in [1.82, 2.24) is 9.55 Å². The van der Waals surface area contributed by atoms with Crippen LogP contribution < -0.4 is 11.2 Å². The molecular formula is C16H21IN2O9. The van der Waals surface area contributed by atoms with Crippen molar-refractivity contribution in [3.05, 3.63) is 32.6 Å². The van der Waals surface area contributed by atoms with E-state index in [4.69, 9.17) is 18.9 Å². The lowest BCUT2D eigenvalue weighted by Gasteiger charge is -2.20. The number of alkyl halides is 1. The topological polar surface area (TPSA) is 146 Å². The molecule has 0 bridgehead atoms. The molecule has 2 rings (SSSR count). The van der Waals surface area contributed by atoms with Crippen LogP contribution in [0, 0.1) is 0 Å². The van der Waals surface area contributed by atoms with Crippen LogP contribution in [0.1, 0.15) is 31.7 Å². The molecule has 0 spiro atoms. The molecule has 2 N–H and O–H groups in total. The molecule has 0 amide bonds. The molecule has 0 saturated carbocycles. The Bertz CT molecular complexity index is 832. The van der Waals surface area contributed by atoms with Gasteiger partial charge < -0.3 is 24.1 Å². The Kier molecular flexibility index (Phi) is 7.74. The first-order chi connectivity index (χ1) is 13.2. The molecule has 0 aliphatic carbocycles. The largest absolute Gasteiger partial charge is 0.463 e. The van der Waals surface area contributed by atoms with Crippen LogP contribution in [0.2, 0.25) is 0 Å². The third-order valence-electron chi connectivity index (χ3n) is 4.10. The Balaban J connectivity index is 2.41. The second-order valence-corrected chi connectivity index (χ2v) is 6.94. The second kappa shape index (κ2) is 9.62. The number of carbonyl (C=O) groups excluding carboxylic acids is 2. The highest BCUT2D eigenvalue weighted by Crippen LogP contribution is 2.31. The summed E-state index contributed by atoms with van der Waals surface area (Å²) in [6.45, 7) is 2.05. The van der Waals surface area contributed by atoms with Crippen LogP contribution in [0.3, 0.4) is 0 Å². The van der Waals surface area contributed by atoms with Crippen LogP contribution >= 0.6 is 22.6 Å². The van der Waals surface area contributed by atoms with Crippen molar-refractivity contribution >= 4 is 34.5 Å². The lowest BCUT2D eigenvalue weighted by atomic mass is 10.1. The molecule has 12 heteroatoms. The highest BCUT2D eigenvalue weighted by Gasteiger charge is 2.48. The Morgan fingerprint density at radius 2 is 2.04 bits per heavy atom. The van der Waals surface area contributed by atoms with Gasteiger partial charge in [-0.15, -0.1) is 0 Å². The number of nitrogens with zero attached hydrogens (tertiary/aromatic N) is 1. The number of hydrogen-bond donors (Lipinski definition) is 2. The maximum absolute atomic E-state index is 12.3. The molecule has 0 radical (unpaired) electrons. The van der Waals surface area contributed by atoms with Gasteiger partial charge in [0.1, 0.15) is 18.8 Å². The van der Waals surface area contributed by atoms with Gasteiger partial charge in [0.2, 0.25) is 0 Å². The first kappa shape index (κ1) is 22.5. The molecule has 1 fully saturated rings. The molecule has 11 nitrogen and oxygen atoms in total. The minimum atomic E-state index is -1.44. The van der Waals surface area contributed by atoms with E-state index >= 15 is 0 Å². The summed E-state index contributed by atoms with van der Waals surface area (Å²) in [5.41, 5.74) is -1.28. The van der Waals surface area contributed by atoms with Crippen LogP contribution in [0.4, 0.5) is 0 Å². The predicted molar refractivity (Wildman–Crippen MR) is 102 cm³/mol. The number of ether oxygens (including phenoxy) is 4. The van der Waals surface area contributed by atoms with Crippen LogP contribution in [-0.4, -0.2) is 63.1 Å². The van der Waals surface area contributed by atoms with Gasteiger partial charge in [-0.2, -0.15) is 0 Å². The molecule has 1 aromatic rings. The van der Waals surface area contributed by atoms with Crippen molar-refractivity contribution in [3.8, 4) is 0 Å². The SMILES string of the molecule is COC(CI)c1cn([C@@H]2O[C@H](COC(C)=O)[C@@H](OC(C)=O)[C@H]2O)c(=O)[nH]c1=O. The zero-order valence-corrected chi connectivity index (χ0v) is 17.6. The standard InChI is InChI=1S/C16H21IN2O9/c1-7(20)26-6-11-13(27-8(2)21)12(22)15(28-11)19-5-9(10(4-17)25-3)14(23)18-16(19)24/h5,10-13,15,22H,4,6H2,1-3H3,(H,18,23,24)/t10?,11-,12-,13-,15-/m1/s1. The first-order valence-electron chi connectivity index (χ1n) is 8.27. The molecule has 1 saturated heterocycles. The van der Waals surface area contributed by atoms with Gasteiger partial charge in [0.05, 0.1) is 11.7 Å². The highest BCUT2D eigenvalue weighted by molar-refractivity contribution is 14.1. The Morgan fingerprint density at radius 3 is 2.57 bits per heavy atom. The van der Waals surface area contributed by atoms with E-state index in [1.165, 1.54) is 20.2 Å². The number of aromatic nitrogens is 2. The van der Waals surface area contributed by atoms with Crippen molar-refractivity contribution in [3.63, 3.8) is 0 Å². The lowest BCUT2D eigenvalue weighted by Crippen LogP contribution is -2.41. The average molecular weight is 512 g/mol. The van der Waals surface area contributed by atoms with E-state index in [2.05, 4.69) is 4.98 Å². The summed E-state index contributed by atoms with van der Waals surface area (Å²) in [7, 11) is 1.42. The van der Waals surface area contributed by atoms with E-state index in [0.29, 0.717) is 4.43 Å². The number of carbonyl (C=O) groups is 2. The fraction of sp³-hybridized carbons (Fsp3) is 0.625. The average Bonchev–Trinajstić information content (AvgIpc) is 2.91. The van der Waals surface area contributed by atoms with Crippen molar-refractivity contribution in [2.75, 3.05) is 18.1 Å². The summed E-state index contributed by atoms with van der Waals surface area (Å²) in [6.07, 6.45) is -4.25. The van der Waals surface area contributed by atoms with Gasteiger partial charge in [0.15, 0.2) is 12.3 Å². The number of nitrogens with one attached hydrogen (secondary N) is 1. The van der Waals surface area contributed by atoms with E-state index in [0.717, 1.165) is 11.5 Å². The number of H-pyrrole nitrogens is 1. The molecule has 0 aromatic carbocycles. The van der Waals surface area contributed by atoms with Gasteiger partial charge in [-0.05, 0) is 0 Å². The molecule has 1 unspecified atom stereocenters. The summed E-state index contributed by atoms with van der Waals surface area (Å²) >= 11 is 2.03. The number of methoxy groups -OCH3 is 1. The minimum Gasteiger partial charge on any atom is -0.463 e. The zero-order chi connectivity index (χ0) is 21.0. The van der Waals surface area contributed by atoms with Crippen molar-refractivity contribution < 1.29 is 33.6 Å². The van der Waals surface area contributed by atoms with Gasteiger partial charge in [0, 0.05) is 31.6 Å². The monoisotopic (exact) mass is 512 g/mol. The molecular weight excluding hydrogens is 491 g/mol. The summed E-state index contributed by atoms with van der Waals surface area (Å²) in [6, 6.07) is 0. The quantitative estimate of drug-likeness (QED) is 0.278. The van der Waals surface area contributed by atoms with Crippen molar-refractivity contribution in [2.24, 2.45) is 0 Å². The summed E-state index contributed by atoms with van der Waals surface area (Å²) in [5, 5.41) is 10.6. The van der Waals surface area contributed by atoms with Crippen LogP contribution in [0.15, 0.2) is 15.8 Å². The van der Waals surface area contributed by atoms with E-state index in [9.17, 15) is 24.3 Å². The zero-order valence-electron chi connectivity index (χ0n) is 15.4. The molecule has 1 aromatic heterocycles. The molecule has 2 heterocycles. The first-order valence-corrected chi connectivity index (χ1v) is 9.80. The van der Waals surface area contributed by atoms with E-state index in [1.807, 2.05) is 22.6 Å². The number of hydrogen-bond acceptors (Lipinski definition) is 9. The predicted octanol–water partition coefficient (Wildman–Crippen LogP) is -0.588. The fourth-order valence-electron chi connectivity index (χ4n) is 2.81. The Labute approximate surface area is 173 Å². The van der Waals surface area contributed by atoms with Crippen molar-refractivity contribution in [2.45, 2.75) is 44.5 Å². The number of aliphatic hydroxyl groups is 1. The van der Waals surface area contributed by atoms with Gasteiger partial charge in [0.25, 0.3) is 5.56 Å². The van der Waals surface area contributed by atoms with E-state index < -0.39 is 53.8 Å². The second-order valence-electron chi connectivity index (χ2n) is 6.06. The van der Waals surface area contributed by atoms with Gasteiger partial charge >= 0.3 is 17.6 Å². The normalized spacial score (nSPS) is 25.3. The fourth-order valence-corrected chi connectivity index (χ4v) is 3.65. The number of rotatable bonds is 7. The van der Waals surface area contributed by atoms with Crippen LogP contribution in [0.5, 0.6) is 0 Å². The number of aliphatic hydroxyl groups excluding tert-OH is 1. The smallest absolute Gasteiger partial charge is 0.330 e. The summed E-state index contributed by atoms with van der Waals surface area (Å²) in [5.74, 6) is -1.27. The highest BCUT2D eigenvalue weighted by atomic mass is 127. The molecule has 1 aliphatic rings.